The lowest BCUT2D eigenvalue weighted by Crippen LogP contribution is -2.56. The zero-order valence-corrected chi connectivity index (χ0v) is 23.9. The monoisotopic (exact) mass is 565 g/mol. The van der Waals surface area contributed by atoms with Crippen LogP contribution in [0.2, 0.25) is 0 Å². The minimum atomic E-state index is -1.31. The fourth-order valence-electron chi connectivity index (χ4n) is 6.49. The van der Waals surface area contributed by atoms with E-state index in [0.29, 0.717) is 19.3 Å². The Balaban J connectivity index is 1.60. The van der Waals surface area contributed by atoms with Crippen molar-refractivity contribution in [2.45, 2.75) is 70.3 Å². The lowest BCUT2D eigenvalue weighted by molar-refractivity contribution is -0.158. The number of hydrogen-bond acceptors (Lipinski definition) is 7. The van der Waals surface area contributed by atoms with E-state index >= 15 is 0 Å². The zero-order valence-electron chi connectivity index (χ0n) is 23.9. The molecule has 0 aromatic heterocycles. The van der Waals surface area contributed by atoms with E-state index in [0.717, 1.165) is 16.8 Å². The molecule has 41 heavy (non-hydrogen) atoms. The van der Waals surface area contributed by atoms with Gasteiger partial charge >= 0.3 is 5.97 Å². The Labute approximate surface area is 240 Å². The van der Waals surface area contributed by atoms with Gasteiger partial charge in [0.25, 0.3) is 5.91 Å². The first kappa shape index (κ1) is 29.0. The summed E-state index contributed by atoms with van der Waals surface area (Å²) in [5.41, 5.74) is 1.29. The number of benzene rings is 1. The molecule has 5 rings (SSSR count). The predicted octanol–water partition coefficient (Wildman–Crippen LogP) is 1.96. The molecule has 1 spiro atoms. The topological polar surface area (TPSA) is 125 Å². The number of ether oxygens (including phenoxy) is 2. The molecule has 2 fully saturated rings. The number of amides is 3. The van der Waals surface area contributed by atoms with Crippen molar-refractivity contribution < 1.29 is 33.8 Å². The van der Waals surface area contributed by atoms with E-state index in [9.17, 15) is 24.3 Å². The second-order valence-electron chi connectivity index (χ2n) is 11.5. The number of anilines is 1. The number of fused-ring (bicyclic) bond motifs is 2. The van der Waals surface area contributed by atoms with Crippen LogP contribution in [0.15, 0.2) is 42.5 Å². The van der Waals surface area contributed by atoms with E-state index in [2.05, 4.69) is 5.32 Å². The standard InChI is InChI=1S/C31H39N3O7/c1-19-10-11-20(2)22(17-19)33-14-6-4-5-9-24(36)32-18-21(3)40-30(39)25-23-12-13-31(41-23)26(25)28(37)34(15-7-8-16-35)27(31)29(33)38/h4,6,10-13,17,21,23,25-27,35H,5,7-9,14-16,18H2,1-3H3,(H,32,36)/b6-4-/t21-,23+,25-,26-,27+,31-/m0/s1. The van der Waals surface area contributed by atoms with Crippen LogP contribution in [0.5, 0.6) is 0 Å². The predicted molar refractivity (Wildman–Crippen MR) is 151 cm³/mol. The van der Waals surface area contributed by atoms with Crippen LogP contribution in [0.25, 0.3) is 0 Å². The maximum Gasteiger partial charge on any atom is 0.313 e. The normalized spacial score (nSPS) is 32.7. The number of aliphatic hydroxyl groups excluding tert-OH is 1. The van der Waals surface area contributed by atoms with Gasteiger partial charge in [0.15, 0.2) is 0 Å². The smallest absolute Gasteiger partial charge is 0.313 e. The molecular weight excluding hydrogens is 526 g/mol. The summed E-state index contributed by atoms with van der Waals surface area (Å²) in [6, 6.07) is 4.89. The Morgan fingerprint density at radius 2 is 1.90 bits per heavy atom. The number of cyclic esters (lactones) is 1. The summed E-state index contributed by atoms with van der Waals surface area (Å²) < 4.78 is 12.1. The van der Waals surface area contributed by atoms with Crippen molar-refractivity contribution in [3.8, 4) is 0 Å². The van der Waals surface area contributed by atoms with E-state index < -0.39 is 41.7 Å². The van der Waals surface area contributed by atoms with E-state index in [1.165, 1.54) is 0 Å². The van der Waals surface area contributed by atoms with Crippen molar-refractivity contribution in [2.75, 3.05) is 31.1 Å². The number of rotatable bonds is 5. The molecule has 10 heteroatoms. The third kappa shape index (κ3) is 5.30. The SMILES string of the molecule is Cc1ccc(C)c(N2C/C=C\CCC(=O)NC[C@H](C)OC(=O)[C@@H]3[C@H]4C(=O)N(CCCCO)[C@H](C2=O)[C@]42C=C[C@H]3O2)c1. The van der Waals surface area contributed by atoms with Crippen LogP contribution in [0.4, 0.5) is 5.69 Å². The first-order chi connectivity index (χ1) is 19.7. The molecule has 4 aliphatic rings. The van der Waals surface area contributed by atoms with Gasteiger partial charge < -0.3 is 29.7 Å². The number of allylic oxidation sites excluding steroid dienone is 1. The summed E-state index contributed by atoms with van der Waals surface area (Å²) in [7, 11) is 0. The van der Waals surface area contributed by atoms with Gasteiger partial charge in [-0.15, -0.1) is 0 Å². The third-order valence-corrected chi connectivity index (χ3v) is 8.51. The fourth-order valence-corrected chi connectivity index (χ4v) is 6.49. The van der Waals surface area contributed by atoms with Crippen molar-refractivity contribution in [3.63, 3.8) is 0 Å². The molecule has 0 aliphatic carbocycles. The fraction of sp³-hybridized carbons (Fsp3) is 0.548. The van der Waals surface area contributed by atoms with Crippen LogP contribution >= 0.6 is 0 Å². The van der Waals surface area contributed by atoms with Gasteiger partial charge in [-0.1, -0.05) is 36.4 Å². The number of carbonyl (C=O) groups is 4. The average Bonchev–Trinajstić information content (AvgIpc) is 3.58. The second-order valence-corrected chi connectivity index (χ2v) is 11.5. The zero-order chi connectivity index (χ0) is 29.3. The molecule has 10 nitrogen and oxygen atoms in total. The molecule has 3 amide bonds. The molecule has 6 atom stereocenters. The molecule has 2 saturated heterocycles. The highest BCUT2D eigenvalue weighted by molar-refractivity contribution is 6.05. The molecule has 4 heterocycles. The number of carbonyl (C=O) groups excluding carboxylic acids is 4. The van der Waals surface area contributed by atoms with Crippen molar-refractivity contribution in [3.05, 3.63) is 53.6 Å². The first-order valence-corrected chi connectivity index (χ1v) is 14.5. The minimum Gasteiger partial charge on any atom is -0.460 e. The van der Waals surface area contributed by atoms with Gasteiger partial charge in [0, 0.05) is 31.8 Å². The maximum atomic E-state index is 14.7. The lowest BCUT2D eigenvalue weighted by Gasteiger charge is -2.36. The van der Waals surface area contributed by atoms with E-state index in [1.807, 2.05) is 44.2 Å². The molecule has 220 valence electrons. The van der Waals surface area contributed by atoms with Gasteiger partial charge in [0.1, 0.15) is 23.7 Å². The van der Waals surface area contributed by atoms with E-state index in [1.54, 1.807) is 28.9 Å². The Morgan fingerprint density at radius 1 is 1.10 bits per heavy atom. The second kappa shape index (κ2) is 11.8. The highest BCUT2D eigenvalue weighted by atomic mass is 16.6. The number of aliphatic hydroxyl groups is 1. The molecule has 1 aromatic rings. The molecule has 0 unspecified atom stereocenters. The summed E-state index contributed by atoms with van der Waals surface area (Å²) in [5.74, 6) is -3.20. The summed E-state index contributed by atoms with van der Waals surface area (Å²) >= 11 is 0. The van der Waals surface area contributed by atoms with E-state index in [-0.39, 0.29) is 50.4 Å². The summed E-state index contributed by atoms with van der Waals surface area (Å²) in [6.07, 6.45) is 7.70. The van der Waals surface area contributed by atoms with Crippen LogP contribution in [0.1, 0.15) is 43.7 Å². The highest BCUT2D eigenvalue weighted by Crippen LogP contribution is 2.55. The Morgan fingerprint density at radius 3 is 2.68 bits per heavy atom. The summed E-state index contributed by atoms with van der Waals surface area (Å²) in [6.45, 7) is 6.18. The number of aryl methyl sites for hydroxylation is 2. The van der Waals surface area contributed by atoms with Crippen molar-refractivity contribution >= 4 is 29.4 Å². The number of esters is 1. The van der Waals surface area contributed by atoms with Crippen molar-refractivity contribution in [1.29, 1.82) is 0 Å². The van der Waals surface area contributed by atoms with Crippen LogP contribution in [-0.2, 0) is 28.7 Å². The quantitative estimate of drug-likeness (QED) is 0.318. The molecule has 2 N–H and O–H groups in total. The number of unbranched alkanes of at least 4 members (excludes halogenated alkanes) is 1. The van der Waals surface area contributed by atoms with Gasteiger partial charge in [0.2, 0.25) is 11.8 Å². The third-order valence-electron chi connectivity index (χ3n) is 8.51. The lowest BCUT2D eigenvalue weighted by atomic mass is 9.74. The van der Waals surface area contributed by atoms with Crippen LogP contribution in [0.3, 0.4) is 0 Å². The number of likely N-dealkylation sites (tertiary alicyclic amines) is 1. The Bertz CT molecular complexity index is 1280. The molecular formula is C31H39N3O7. The molecule has 4 aliphatic heterocycles. The van der Waals surface area contributed by atoms with Crippen molar-refractivity contribution in [1.82, 2.24) is 10.2 Å². The number of hydrogen-bond donors (Lipinski definition) is 2. The number of nitrogens with one attached hydrogen (secondary N) is 1. The first-order valence-electron chi connectivity index (χ1n) is 14.5. The average molecular weight is 566 g/mol. The molecule has 5 bridgehead atoms. The van der Waals surface area contributed by atoms with Crippen molar-refractivity contribution in [2.24, 2.45) is 11.8 Å². The molecule has 1 aromatic carbocycles. The van der Waals surface area contributed by atoms with Gasteiger partial charge in [-0.05, 0) is 57.2 Å². The van der Waals surface area contributed by atoms with Gasteiger partial charge in [-0.25, -0.2) is 0 Å². The van der Waals surface area contributed by atoms with Crippen LogP contribution < -0.4 is 10.2 Å². The molecule has 0 saturated carbocycles. The Kier molecular flexibility index (Phi) is 8.33. The highest BCUT2D eigenvalue weighted by Gasteiger charge is 2.73. The van der Waals surface area contributed by atoms with Crippen LogP contribution in [0, 0.1) is 25.7 Å². The largest absolute Gasteiger partial charge is 0.460 e. The van der Waals surface area contributed by atoms with Gasteiger partial charge in [-0.2, -0.15) is 0 Å². The van der Waals surface area contributed by atoms with E-state index in [4.69, 9.17) is 9.47 Å². The molecule has 0 radical (unpaired) electrons. The van der Waals surface area contributed by atoms with Gasteiger partial charge in [0.05, 0.1) is 18.6 Å². The van der Waals surface area contributed by atoms with Crippen LogP contribution in [-0.4, -0.2) is 83.8 Å². The minimum absolute atomic E-state index is 0.0313. The Hall–Kier alpha value is -3.50. The number of nitrogens with zero attached hydrogens (tertiary/aromatic N) is 2. The van der Waals surface area contributed by atoms with Gasteiger partial charge in [-0.3, -0.25) is 19.2 Å². The summed E-state index contributed by atoms with van der Waals surface area (Å²) in [4.78, 5) is 57.9. The summed E-state index contributed by atoms with van der Waals surface area (Å²) in [5, 5.41) is 12.2. The maximum absolute atomic E-state index is 14.7.